The highest BCUT2D eigenvalue weighted by Gasteiger charge is 2.31. The van der Waals surface area contributed by atoms with Crippen molar-refractivity contribution in [2.75, 3.05) is 11.9 Å². The quantitative estimate of drug-likeness (QED) is 0.366. The third kappa shape index (κ3) is 5.48. The molecule has 2 heterocycles. The van der Waals surface area contributed by atoms with E-state index in [1.54, 1.807) is 60.8 Å². The van der Waals surface area contributed by atoms with E-state index in [4.69, 9.17) is 9.88 Å². The van der Waals surface area contributed by atoms with Crippen LogP contribution in [-0.2, 0) is 19.6 Å². The van der Waals surface area contributed by atoms with Crippen molar-refractivity contribution in [3.8, 4) is 11.3 Å². The molecule has 2 aromatic heterocycles. The largest absolute Gasteiger partial charge is 0.444 e. The van der Waals surface area contributed by atoms with Gasteiger partial charge in [0.15, 0.2) is 9.34 Å². The summed E-state index contributed by atoms with van der Waals surface area (Å²) in [6.07, 6.45) is 0.362. The zero-order valence-corrected chi connectivity index (χ0v) is 21.0. The lowest BCUT2D eigenvalue weighted by Gasteiger charge is -2.22. The predicted octanol–water partition coefficient (Wildman–Crippen LogP) is 3.72. The molecule has 0 aliphatic heterocycles. The molecular weight excluding hydrogens is 500 g/mol. The van der Waals surface area contributed by atoms with Gasteiger partial charge in [0.2, 0.25) is 16.1 Å². The number of amides is 1. The summed E-state index contributed by atoms with van der Waals surface area (Å²) in [4.78, 5) is 36.1. The van der Waals surface area contributed by atoms with E-state index in [-0.39, 0.29) is 20.6 Å². The van der Waals surface area contributed by atoms with Crippen LogP contribution >= 0.6 is 11.3 Å². The number of pyridine rings is 1. The number of ether oxygens (including phenoxy) is 1. The molecule has 0 fully saturated rings. The van der Waals surface area contributed by atoms with Gasteiger partial charge in [0.25, 0.3) is 5.91 Å². The first-order valence-corrected chi connectivity index (χ1v) is 13.1. The molecule has 9 nitrogen and oxygen atoms in total. The SMILES string of the molecule is Cc1nc(N(C)C(=O)C(OC(=O)c2ccccc2)c2ccc(-c3ccccn3)cc2)sc1S(N)(=O)=O. The van der Waals surface area contributed by atoms with Crippen LogP contribution in [0.5, 0.6) is 0 Å². The molecule has 2 N–H and O–H groups in total. The molecule has 184 valence electrons. The molecule has 0 bridgehead atoms. The number of sulfonamides is 1. The molecule has 0 saturated heterocycles. The second-order valence-corrected chi connectivity index (χ2v) is 10.5. The third-order valence-corrected chi connectivity index (χ3v) is 8.04. The van der Waals surface area contributed by atoms with Crippen LogP contribution in [0.15, 0.2) is 83.2 Å². The van der Waals surface area contributed by atoms with Gasteiger partial charge in [0.1, 0.15) is 0 Å². The van der Waals surface area contributed by atoms with Gasteiger partial charge in [-0.3, -0.25) is 14.7 Å². The normalized spacial score (nSPS) is 12.1. The number of nitrogens with two attached hydrogens (primary N) is 1. The molecule has 4 rings (SSSR count). The summed E-state index contributed by atoms with van der Waals surface area (Å²) in [6, 6.07) is 20.8. The number of hydrogen-bond donors (Lipinski definition) is 1. The Balaban J connectivity index is 1.68. The standard InChI is InChI=1S/C25H22N4O5S2/c1-16-24(36(26,32)33)35-25(28-16)29(2)22(30)21(34-23(31)19-8-4-3-5-9-19)18-13-11-17(12-14-18)20-10-6-7-15-27-20/h3-15,21H,1-2H3,(H2,26,32,33). The Bertz CT molecular complexity index is 1490. The van der Waals surface area contributed by atoms with Crippen LogP contribution in [-0.4, -0.2) is 37.3 Å². The van der Waals surface area contributed by atoms with Gasteiger partial charge in [-0.1, -0.05) is 59.9 Å². The fourth-order valence-electron chi connectivity index (χ4n) is 3.42. The maximum atomic E-state index is 13.6. The minimum absolute atomic E-state index is 0.104. The van der Waals surface area contributed by atoms with Crippen molar-refractivity contribution in [3.63, 3.8) is 0 Å². The van der Waals surface area contributed by atoms with E-state index in [1.807, 2.05) is 18.2 Å². The van der Waals surface area contributed by atoms with Gasteiger partial charge in [0.05, 0.1) is 17.0 Å². The number of benzene rings is 2. The van der Waals surface area contributed by atoms with Crippen molar-refractivity contribution in [1.29, 1.82) is 0 Å². The van der Waals surface area contributed by atoms with E-state index < -0.39 is 28.0 Å². The average Bonchev–Trinajstić information content (AvgIpc) is 3.29. The van der Waals surface area contributed by atoms with Crippen LogP contribution in [0.2, 0.25) is 0 Å². The van der Waals surface area contributed by atoms with Crippen molar-refractivity contribution >= 4 is 38.4 Å². The van der Waals surface area contributed by atoms with Crippen LogP contribution in [0.4, 0.5) is 5.13 Å². The Kier molecular flexibility index (Phi) is 7.25. The molecule has 1 unspecified atom stereocenters. The van der Waals surface area contributed by atoms with Crippen LogP contribution < -0.4 is 10.0 Å². The summed E-state index contributed by atoms with van der Waals surface area (Å²) < 4.78 is 29.2. The number of likely N-dealkylation sites (N-methyl/N-ethyl adjacent to an activating group) is 1. The zero-order valence-electron chi connectivity index (χ0n) is 19.4. The molecule has 2 aromatic carbocycles. The summed E-state index contributed by atoms with van der Waals surface area (Å²) in [7, 11) is -2.57. The first-order chi connectivity index (χ1) is 17.1. The fourth-order valence-corrected chi connectivity index (χ4v) is 5.33. The van der Waals surface area contributed by atoms with Gasteiger partial charge in [-0.05, 0) is 31.2 Å². The molecule has 11 heteroatoms. The highest BCUT2D eigenvalue weighted by molar-refractivity contribution is 7.91. The number of esters is 1. The van der Waals surface area contributed by atoms with Gasteiger partial charge in [-0.2, -0.15) is 0 Å². The molecule has 0 spiro atoms. The Hall–Kier alpha value is -3.93. The first kappa shape index (κ1) is 25.2. The topological polar surface area (TPSA) is 133 Å². The molecule has 0 aliphatic carbocycles. The number of rotatable bonds is 7. The van der Waals surface area contributed by atoms with E-state index in [1.165, 1.54) is 14.0 Å². The van der Waals surface area contributed by atoms with E-state index >= 15 is 0 Å². The molecule has 0 saturated carbocycles. The Morgan fingerprint density at radius 3 is 2.25 bits per heavy atom. The maximum absolute atomic E-state index is 13.6. The lowest BCUT2D eigenvalue weighted by atomic mass is 10.0. The van der Waals surface area contributed by atoms with Crippen molar-refractivity contribution in [2.24, 2.45) is 5.14 Å². The van der Waals surface area contributed by atoms with Gasteiger partial charge < -0.3 is 4.74 Å². The number of anilines is 1. The minimum atomic E-state index is -4.00. The van der Waals surface area contributed by atoms with E-state index in [2.05, 4.69) is 9.97 Å². The molecule has 1 amide bonds. The summed E-state index contributed by atoms with van der Waals surface area (Å²) in [6.45, 7) is 1.49. The number of carbonyl (C=O) groups is 2. The van der Waals surface area contributed by atoms with Gasteiger partial charge in [-0.15, -0.1) is 0 Å². The van der Waals surface area contributed by atoms with Gasteiger partial charge >= 0.3 is 5.97 Å². The van der Waals surface area contributed by atoms with E-state index in [0.29, 0.717) is 5.56 Å². The maximum Gasteiger partial charge on any atom is 0.339 e. The molecule has 4 aromatic rings. The number of nitrogens with zero attached hydrogens (tertiary/aromatic N) is 3. The number of primary sulfonamides is 1. The van der Waals surface area contributed by atoms with Gasteiger partial charge in [0, 0.05) is 24.4 Å². The number of thiazole rings is 1. The second kappa shape index (κ2) is 10.4. The van der Waals surface area contributed by atoms with Crippen molar-refractivity contribution < 1.29 is 22.7 Å². The third-order valence-electron chi connectivity index (χ3n) is 5.25. The summed E-state index contributed by atoms with van der Waals surface area (Å²) >= 11 is 0.763. The molecule has 1 atom stereocenters. The molecular formula is C25H22N4O5S2. The summed E-state index contributed by atoms with van der Waals surface area (Å²) in [5.74, 6) is -1.30. The van der Waals surface area contributed by atoms with Gasteiger partial charge in [-0.25, -0.2) is 23.3 Å². The number of hydrogen-bond acceptors (Lipinski definition) is 8. The lowest BCUT2D eigenvalue weighted by Crippen LogP contribution is -2.34. The monoisotopic (exact) mass is 522 g/mol. The van der Waals surface area contributed by atoms with E-state index in [0.717, 1.165) is 27.5 Å². The van der Waals surface area contributed by atoms with Crippen LogP contribution in [0, 0.1) is 6.92 Å². The Morgan fingerprint density at radius 2 is 1.67 bits per heavy atom. The predicted molar refractivity (Wildman–Crippen MR) is 136 cm³/mol. The van der Waals surface area contributed by atoms with Crippen molar-refractivity contribution in [2.45, 2.75) is 17.2 Å². The molecule has 36 heavy (non-hydrogen) atoms. The number of aromatic nitrogens is 2. The van der Waals surface area contributed by atoms with Crippen molar-refractivity contribution in [1.82, 2.24) is 9.97 Å². The lowest BCUT2D eigenvalue weighted by molar-refractivity contribution is -0.127. The minimum Gasteiger partial charge on any atom is -0.444 e. The number of aryl methyl sites for hydroxylation is 1. The Morgan fingerprint density at radius 1 is 1.00 bits per heavy atom. The van der Waals surface area contributed by atoms with Crippen LogP contribution in [0.1, 0.15) is 27.7 Å². The summed E-state index contributed by atoms with van der Waals surface area (Å²) in [5.41, 5.74) is 2.45. The number of carbonyl (C=O) groups excluding carboxylic acids is 2. The molecule has 0 radical (unpaired) electrons. The first-order valence-electron chi connectivity index (χ1n) is 10.7. The zero-order chi connectivity index (χ0) is 25.9. The molecule has 0 aliphatic rings. The van der Waals surface area contributed by atoms with Crippen molar-refractivity contribution in [3.05, 3.63) is 95.8 Å². The fraction of sp³-hybridized carbons (Fsp3) is 0.120. The average molecular weight is 523 g/mol. The van der Waals surface area contributed by atoms with Crippen LogP contribution in [0.3, 0.4) is 0 Å². The highest BCUT2D eigenvalue weighted by Crippen LogP contribution is 2.31. The summed E-state index contributed by atoms with van der Waals surface area (Å²) in [5, 5.41) is 5.36. The highest BCUT2D eigenvalue weighted by atomic mass is 32.2. The Labute approximate surface area is 212 Å². The van der Waals surface area contributed by atoms with Crippen LogP contribution in [0.25, 0.3) is 11.3 Å². The second-order valence-electron chi connectivity index (χ2n) is 7.80. The van der Waals surface area contributed by atoms with E-state index in [9.17, 15) is 18.0 Å². The smallest absolute Gasteiger partial charge is 0.339 e.